The van der Waals surface area contributed by atoms with Gasteiger partial charge in [0, 0.05) is 29.4 Å². The van der Waals surface area contributed by atoms with Crippen molar-refractivity contribution in [3.63, 3.8) is 0 Å². The summed E-state index contributed by atoms with van der Waals surface area (Å²) < 4.78 is 4.02. The van der Waals surface area contributed by atoms with E-state index in [1.807, 2.05) is 24.3 Å². The van der Waals surface area contributed by atoms with E-state index in [-0.39, 0.29) is 0 Å². The molecule has 0 bridgehead atoms. The van der Waals surface area contributed by atoms with Gasteiger partial charge in [0.05, 0.1) is 5.39 Å². The molecule has 4 aromatic rings. The second-order valence-corrected chi connectivity index (χ2v) is 7.26. The maximum Gasteiger partial charge on any atom is 0.182 e. The Morgan fingerprint density at radius 3 is 2.50 bits per heavy atom. The molecule has 0 aliphatic carbocycles. The average Bonchev–Trinajstić information content (AvgIpc) is 3.14. The van der Waals surface area contributed by atoms with Crippen molar-refractivity contribution < 1.29 is 0 Å². The molecule has 3 aromatic heterocycles. The van der Waals surface area contributed by atoms with E-state index in [4.69, 9.17) is 16.6 Å². The highest BCUT2D eigenvalue weighted by Crippen LogP contribution is 2.28. The minimum atomic E-state index is 0.675. The predicted octanol–water partition coefficient (Wildman–Crippen LogP) is 3.58. The highest BCUT2D eigenvalue weighted by molar-refractivity contribution is 6.30. The molecule has 0 N–H and O–H groups in total. The van der Waals surface area contributed by atoms with E-state index in [0.29, 0.717) is 10.8 Å². The smallest absolute Gasteiger partial charge is 0.182 e. The van der Waals surface area contributed by atoms with E-state index in [9.17, 15) is 0 Å². The molecule has 7 heteroatoms. The Hall–Kier alpha value is -2.44. The molecule has 0 amide bonds. The Kier molecular flexibility index (Phi) is 4.17. The number of hydrogen-bond donors (Lipinski definition) is 0. The standard InChI is InChI=1S/C19H21ClN6/c1-12-13(2)25(10-9-24(3)4)18-16(12)19-22-17(23-26(19)11-21-18)14-5-7-15(20)8-6-14/h5-8,11H,9-10H2,1-4H3. The van der Waals surface area contributed by atoms with Crippen LogP contribution in [-0.2, 0) is 6.54 Å². The monoisotopic (exact) mass is 368 g/mol. The lowest BCUT2D eigenvalue weighted by Crippen LogP contribution is -2.19. The zero-order valence-electron chi connectivity index (χ0n) is 15.4. The van der Waals surface area contributed by atoms with Crippen LogP contribution in [0.15, 0.2) is 30.6 Å². The molecule has 0 aliphatic rings. The molecular weight excluding hydrogens is 348 g/mol. The van der Waals surface area contributed by atoms with Crippen molar-refractivity contribution in [3.05, 3.63) is 46.9 Å². The lowest BCUT2D eigenvalue weighted by atomic mass is 10.2. The third-order valence-electron chi connectivity index (χ3n) is 4.82. The molecule has 0 atom stereocenters. The second-order valence-electron chi connectivity index (χ2n) is 6.82. The quantitative estimate of drug-likeness (QED) is 0.552. The first kappa shape index (κ1) is 17.0. The summed E-state index contributed by atoms with van der Waals surface area (Å²) in [5.41, 5.74) is 5.16. The number of likely N-dealkylation sites (N-methyl/N-ethyl adjacent to an activating group) is 1. The van der Waals surface area contributed by atoms with Gasteiger partial charge in [-0.25, -0.2) is 14.5 Å². The van der Waals surface area contributed by atoms with Crippen molar-refractivity contribution in [1.82, 2.24) is 29.0 Å². The van der Waals surface area contributed by atoms with Crippen molar-refractivity contribution in [2.75, 3.05) is 20.6 Å². The summed E-state index contributed by atoms with van der Waals surface area (Å²) in [6.45, 7) is 6.12. The SMILES string of the molecule is Cc1c(C)n(CCN(C)C)c2ncn3nc(-c4ccc(Cl)cc4)nc3c12. The highest BCUT2D eigenvalue weighted by Gasteiger charge is 2.18. The van der Waals surface area contributed by atoms with Crippen LogP contribution >= 0.6 is 11.6 Å². The zero-order valence-corrected chi connectivity index (χ0v) is 16.1. The molecule has 0 fully saturated rings. The summed E-state index contributed by atoms with van der Waals surface area (Å²) in [6, 6.07) is 7.57. The summed E-state index contributed by atoms with van der Waals surface area (Å²) >= 11 is 5.99. The molecule has 26 heavy (non-hydrogen) atoms. The fourth-order valence-electron chi connectivity index (χ4n) is 3.23. The maximum absolute atomic E-state index is 5.99. The number of benzene rings is 1. The number of aromatic nitrogens is 5. The summed E-state index contributed by atoms with van der Waals surface area (Å²) in [5.74, 6) is 0.675. The number of halogens is 1. The van der Waals surface area contributed by atoms with Gasteiger partial charge in [-0.2, -0.15) is 0 Å². The fraction of sp³-hybridized carbons (Fsp3) is 0.316. The van der Waals surface area contributed by atoms with Crippen molar-refractivity contribution in [2.24, 2.45) is 0 Å². The van der Waals surface area contributed by atoms with Gasteiger partial charge in [-0.15, -0.1) is 5.10 Å². The van der Waals surface area contributed by atoms with Crippen LogP contribution in [0.1, 0.15) is 11.3 Å². The topological polar surface area (TPSA) is 51.2 Å². The molecule has 0 saturated carbocycles. The van der Waals surface area contributed by atoms with Crippen LogP contribution in [0.25, 0.3) is 28.1 Å². The number of rotatable bonds is 4. The van der Waals surface area contributed by atoms with Crippen molar-refractivity contribution in [3.8, 4) is 11.4 Å². The van der Waals surface area contributed by atoms with Gasteiger partial charge in [0.25, 0.3) is 0 Å². The van der Waals surface area contributed by atoms with Crippen LogP contribution in [0.5, 0.6) is 0 Å². The molecule has 0 spiro atoms. The number of hydrogen-bond acceptors (Lipinski definition) is 4. The molecule has 1 aromatic carbocycles. The largest absolute Gasteiger partial charge is 0.328 e. The van der Waals surface area contributed by atoms with E-state index in [0.717, 1.165) is 35.3 Å². The Morgan fingerprint density at radius 2 is 1.81 bits per heavy atom. The van der Waals surface area contributed by atoms with Gasteiger partial charge in [0.15, 0.2) is 11.5 Å². The van der Waals surface area contributed by atoms with Crippen LogP contribution in [-0.4, -0.2) is 49.7 Å². The van der Waals surface area contributed by atoms with Crippen LogP contribution < -0.4 is 0 Å². The minimum Gasteiger partial charge on any atom is -0.328 e. The van der Waals surface area contributed by atoms with Crippen LogP contribution in [0.4, 0.5) is 0 Å². The number of aryl methyl sites for hydroxylation is 1. The van der Waals surface area contributed by atoms with E-state index < -0.39 is 0 Å². The van der Waals surface area contributed by atoms with E-state index in [1.165, 1.54) is 11.3 Å². The first-order valence-electron chi connectivity index (χ1n) is 8.57. The molecule has 134 valence electrons. The van der Waals surface area contributed by atoms with E-state index in [2.05, 4.69) is 47.5 Å². The van der Waals surface area contributed by atoms with Crippen molar-refractivity contribution in [2.45, 2.75) is 20.4 Å². The van der Waals surface area contributed by atoms with Gasteiger partial charge < -0.3 is 9.47 Å². The van der Waals surface area contributed by atoms with Gasteiger partial charge in [0.2, 0.25) is 0 Å². The normalized spacial score (nSPS) is 11.9. The van der Waals surface area contributed by atoms with Crippen LogP contribution in [0, 0.1) is 13.8 Å². The van der Waals surface area contributed by atoms with E-state index >= 15 is 0 Å². The summed E-state index contributed by atoms with van der Waals surface area (Å²) in [5, 5.41) is 6.37. The molecular formula is C19H21ClN6. The van der Waals surface area contributed by atoms with E-state index in [1.54, 1.807) is 10.8 Å². The number of fused-ring (bicyclic) bond motifs is 3. The molecule has 0 radical (unpaired) electrons. The van der Waals surface area contributed by atoms with Gasteiger partial charge in [-0.3, -0.25) is 0 Å². The predicted molar refractivity (Wildman–Crippen MR) is 105 cm³/mol. The lowest BCUT2D eigenvalue weighted by Gasteiger charge is -2.12. The molecule has 0 unspecified atom stereocenters. The minimum absolute atomic E-state index is 0.675. The molecule has 4 rings (SSSR count). The van der Waals surface area contributed by atoms with Crippen LogP contribution in [0.3, 0.4) is 0 Å². The maximum atomic E-state index is 5.99. The highest BCUT2D eigenvalue weighted by atomic mass is 35.5. The summed E-state index contributed by atoms with van der Waals surface area (Å²) in [4.78, 5) is 11.6. The van der Waals surface area contributed by atoms with Crippen molar-refractivity contribution in [1.29, 1.82) is 0 Å². The summed E-state index contributed by atoms with van der Waals surface area (Å²) in [6.07, 6.45) is 1.75. The average molecular weight is 369 g/mol. The Balaban J connectivity index is 1.89. The fourth-order valence-corrected chi connectivity index (χ4v) is 3.35. The molecule has 0 saturated heterocycles. The molecule has 6 nitrogen and oxygen atoms in total. The Labute approximate surface area is 157 Å². The first-order chi connectivity index (χ1) is 12.5. The van der Waals surface area contributed by atoms with Crippen LogP contribution in [0.2, 0.25) is 5.02 Å². The molecule has 0 aliphatic heterocycles. The first-order valence-corrected chi connectivity index (χ1v) is 8.95. The summed E-state index contributed by atoms with van der Waals surface area (Å²) in [7, 11) is 4.16. The second kappa shape index (κ2) is 6.37. The lowest BCUT2D eigenvalue weighted by molar-refractivity contribution is 0.384. The zero-order chi connectivity index (χ0) is 18.4. The Bertz CT molecular complexity index is 1090. The third kappa shape index (κ3) is 2.75. The number of nitrogens with zero attached hydrogens (tertiary/aromatic N) is 6. The van der Waals surface area contributed by atoms with Gasteiger partial charge >= 0.3 is 0 Å². The van der Waals surface area contributed by atoms with Gasteiger partial charge in [-0.05, 0) is 57.8 Å². The molecule has 3 heterocycles. The van der Waals surface area contributed by atoms with Crippen molar-refractivity contribution >= 4 is 28.3 Å². The van der Waals surface area contributed by atoms with Gasteiger partial charge in [0.1, 0.15) is 12.0 Å². The third-order valence-corrected chi connectivity index (χ3v) is 5.07. The van der Waals surface area contributed by atoms with Gasteiger partial charge in [-0.1, -0.05) is 11.6 Å². The Morgan fingerprint density at radius 1 is 1.08 bits per heavy atom.